The highest BCUT2D eigenvalue weighted by Gasteiger charge is 2.29. The summed E-state index contributed by atoms with van der Waals surface area (Å²) in [5, 5.41) is 2.82. The molecule has 2 aromatic rings. The van der Waals surface area contributed by atoms with E-state index < -0.39 is 17.7 Å². The van der Waals surface area contributed by atoms with E-state index in [0.717, 1.165) is 39.3 Å². The molecule has 7 heteroatoms. The van der Waals surface area contributed by atoms with Crippen molar-refractivity contribution in [2.45, 2.75) is 12.5 Å². The number of rotatable bonds is 8. The number of amides is 1. The van der Waals surface area contributed by atoms with Crippen molar-refractivity contribution < 1.29 is 14.3 Å². The minimum Gasteiger partial charge on any atom is -0.379 e. The van der Waals surface area contributed by atoms with Crippen LogP contribution in [0, 0.1) is 0 Å². The third-order valence-electron chi connectivity index (χ3n) is 4.74. The molecule has 1 amide bonds. The monoisotopic (exact) mass is 383 g/mol. The molecular weight excluding hydrogens is 358 g/mol. The van der Waals surface area contributed by atoms with Gasteiger partial charge >= 0.3 is 0 Å². The fraction of sp³-hybridized carbons (Fsp3) is 0.381. The summed E-state index contributed by atoms with van der Waals surface area (Å²) < 4.78 is 6.51. The van der Waals surface area contributed by atoms with Gasteiger partial charge in [0, 0.05) is 37.5 Å². The molecule has 3 rings (SSSR count). The molecule has 0 aliphatic carbocycles. The predicted molar refractivity (Wildman–Crippen MR) is 105 cm³/mol. The molecule has 0 unspecified atom stereocenters. The van der Waals surface area contributed by atoms with Crippen molar-refractivity contribution >= 4 is 11.7 Å². The molecule has 148 valence electrons. The van der Waals surface area contributed by atoms with E-state index in [0.29, 0.717) is 12.1 Å². The van der Waals surface area contributed by atoms with Crippen molar-refractivity contribution in [2.75, 3.05) is 39.4 Å². The summed E-state index contributed by atoms with van der Waals surface area (Å²) in [5.41, 5.74) is 0.00645. The zero-order valence-corrected chi connectivity index (χ0v) is 15.8. The highest BCUT2D eigenvalue weighted by atomic mass is 16.5. The van der Waals surface area contributed by atoms with E-state index in [-0.39, 0.29) is 5.56 Å². The maximum atomic E-state index is 13.0. The Labute approximate surface area is 163 Å². The van der Waals surface area contributed by atoms with Gasteiger partial charge in [0.15, 0.2) is 11.8 Å². The summed E-state index contributed by atoms with van der Waals surface area (Å²) in [6, 6.07) is 11.9. The van der Waals surface area contributed by atoms with Gasteiger partial charge in [0.25, 0.3) is 11.5 Å². The molecule has 1 N–H and O–H groups in total. The van der Waals surface area contributed by atoms with Gasteiger partial charge in [0.05, 0.1) is 13.2 Å². The minimum absolute atomic E-state index is 0.389. The van der Waals surface area contributed by atoms with Crippen molar-refractivity contribution in [1.82, 2.24) is 14.8 Å². The number of Topliss-reactive ketones (excluding diaryl/α,β-unsaturated/α-hetero) is 1. The minimum atomic E-state index is -1.22. The van der Waals surface area contributed by atoms with Gasteiger partial charge in [0.2, 0.25) is 0 Å². The highest BCUT2D eigenvalue weighted by Crippen LogP contribution is 2.13. The Hall–Kier alpha value is -2.77. The van der Waals surface area contributed by atoms with Gasteiger partial charge in [-0.3, -0.25) is 23.9 Å². The molecular formula is C21H25N3O4. The lowest BCUT2D eigenvalue weighted by Gasteiger charge is -2.26. The van der Waals surface area contributed by atoms with Crippen molar-refractivity contribution in [2.24, 2.45) is 0 Å². The van der Waals surface area contributed by atoms with E-state index in [4.69, 9.17) is 4.74 Å². The van der Waals surface area contributed by atoms with Crippen molar-refractivity contribution in [3.63, 3.8) is 0 Å². The lowest BCUT2D eigenvalue weighted by Crippen LogP contribution is -2.42. The second-order valence-electron chi connectivity index (χ2n) is 6.68. The Balaban J connectivity index is 1.68. The second-order valence-corrected chi connectivity index (χ2v) is 6.68. The second kappa shape index (κ2) is 9.96. The van der Waals surface area contributed by atoms with Crippen molar-refractivity contribution in [1.29, 1.82) is 0 Å². The highest BCUT2D eigenvalue weighted by molar-refractivity contribution is 6.11. The number of hydrogen-bond acceptors (Lipinski definition) is 5. The number of morpholine rings is 1. The van der Waals surface area contributed by atoms with Crippen LogP contribution in [-0.4, -0.2) is 60.6 Å². The Morgan fingerprint density at radius 3 is 2.46 bits per heavy atom. The molecule has 1 aliphatic heterocycles. The average molecular weight is 383 g/mol. The van der Waals surface area contributed by atoms with Gasteiger partial charge in [-0.1, -0.05) is 36.4 Å². The molecule has 2 heterocycles. The van der Waals surface area contributed by atoms with Gasteiger partial charge in [0.1, 0.15) is 0 Å². The number of carbonyl (C=O) groups excluding carboxylic acids is 2. The zero-order valence-electron chi connectivity index (χ0n) is 15.8. The topological polar surface area (TPSA) is 80.6 Å². The molecule has 0 bridgehead atoms. The van der Waals surface area contributed by atoms with E-state index in [9.17, 15) is 14.4 Å². The number of hydrogen-bond donors (Lipinski definition) is 1. The molecule has 1 aromatic carbocycles. The largest absolute Gasteiger partial charge is 0.379 e. The van der Waals surface area contributed by atoms with Crippen LogP contribution in [0.4, 0.5) is 0 Å². The van der Waals surface area contributed by atoms with Gasteiger partial charge < -0.3 is 10.1 Å². The summed E-state index contributed by atoms with van der Waals surface area (Å²) in [7, 11) is 0. The van der Waals surface area contributed by atoms with Crippen LogP contribution in [0.25, 0.3) is 0 Å². The maximum absolute atomic E-state index is 13.0. The third kappa shape index (κ3) is 5.15. The van der Waals surface area contributed by atoms with Gasteiger partial charge in [-0.2, -0.15) is 0 Å². The Bertz CT molecular complexity index is 844. The first-order valence-corrected chi connectivity index (χ1v) is 9.51. The molecule has 0 spiro atoms. The first-order valence-electron chi connectivity index (χ1n) is 9.51. The van der Waals surface area contributed by atoms with Crippen LogP contribution in [0.15, 0.2) is 59.5 Å². The fourth-order valence-electron chi connectivity index (χ4n) is 3.22. The zero-order chi connectivity index (χ0) is 19.8. The van der Waals surface area contributed by atoms with Gasteiger partial charge in [-0.05, 0) is 19.0 Å². The van der Waals surface area contributed by atoms with Crippen LogP contribution in [0.1, 0.15) is 22.8 Å². The molecule has 0 saturated carbocycles. The Morgan fingerprint density at radius 1 is 1.04 bits per heavy atom. The third-order valence-corrected chi connectivity index (χ3v) is 4.74. The Kier molecular flexibility index (Phi) is 7.11. The summed E-state index contributed by atoms with van der Waals surface area (Å²) in [4.78, 5) is 40.3. The number of aromatic nitrogens is 1. The molecule has 1 atom stereocenters. The fourth-order valence-corrected chi connectivity index (χ4v) is 3.22. The number of carbonyl (C=O) groups is 2. The molecule has 1 aromatic heterocycles. The van der Waals surface area contributed by atoms with Crippen LogP contribution in [0.5, 0.6) is 0 Å². The first kappa shape index (κ1) is 20.0. The standard InChI is InChI=1S/C21H25N3O4/c25-18-9-4-5-12-24(18)19(20(26)17-7-2-1-3-8-17)21(27)22-10-6-11-23-13-15-28-16-14-23/h1-5,7-9,12,19H,6,10-11,13-16H2,(H,22,27)/t19-/m1/s1. The number of pyridine rings is 1. The first-order chi connectivity index (χ1) is 13.7. The number of nitrogens with zero attached hydrogens (tertiary/aromatic N) is 2. The van der Waals surface area contributed by atoms with Crippen molar-refractivity contribution in [3.8, 4) is 0 Å². The Morgan fingerprint density at radius 2 is 1.75 bits per heavy atom. The van der Waals surface area contributed by atoms with Crippen LogP contribution in [0.3, 0.4) is 0 Å². The number of benzene rings is 1. The van der Waals surface area contributed by atoms with Crippen LogP contribution in [0.2, 0.25) is 0 Å². The van der Waals surface area contributed by atoms with E-state index >= 15 is 0 Å². The SMILES string of the molecule is O=C(NCCCN1CCOCC1)[C@@H](C(=O)c1ccccc1)n1ccccc1=O. The van der Waals surface area contributed by atoms with E-state index in [1.54, 1.807) is 42.5 Å². The predicted octanol–water partition coefficient (Wildman–Crippen LogP) is 1.11. The van der Waals surface area contributed by atoms with Crippen LogP contribution >= 0.6 is 0 Å². The number of ether oxygens (including phenoxy) is 1. The van der Waals surface area contributed by atoms with E-state index in [2.05, 4.69) is 10.2 Å². The number of ketones is 1. The van der Waals surface area contributed by atoms with Gasteiger partial charge in [-0.15, -0.1) is 0 Å². The quantitative estimate of drug-likeness (QED) is 0.420. The lowest BCUT2D eigenvalue weighted by molar-refractivity contribution is -0.123. The molecule has 1 saturated heterocycles. The average Bonchev–Trinajstić information content (AvgIpc) is 2.74. The van der Waals surface area contributed by atoms with E-state index in [1.807, 2.05) is 0 Å². The van der Waals surface area contributed by atoms with Crippen LogP contribution in [-0.2, 0) is 9.53 Å². The molecule has 0 radical (unpaired) electrons. The summed E-state index contributed by atoms with van der Waals surface area (Å²) >= 11 is 0. The molecule has 7 nitrogen and oxygen atoms in total. The number of nitrogens with one attached hydrogen (secondary N) is 1. The summed E-state index contributed by atoms with van der Waals surface area (Å²) in [6.45, 7) is 4.54. The van der Waals surface area contributed by atoms with Gasteiger partial charge in [-0.25, -0.2) is 0 Å². The van der Waals surface area contributed by atoms with Crippen molar-refractivity contribution in [3.05, 3.63) is 70.6 Å². The van der Waals surface area contributed by atoms with E-state index in [1.165, 1.54) is 16.8 Å². The lowest BCUT2D eigenvalue weighted by atomic mass is 10.0. The maximum Gasteiger partial charge on any atom is 0.251 e. The van der Waals surface area contributed by atoms with Crippen LogP contribution < -0.4 is 10.9 Å². The summed E-state index contributed by atoms with van der Waals surface area (Å²) in [6.07, 6.45) is 2.24. The molecule has 28 heavy (non-hydrogen) atoms. The smallest absolute Gasteiger partial charge is 0.251 e. The molecule has 1 aliphatic rings. The summed E-state index contributed by atoms with van der Waals surface area (Å²) in [5.74, 6) is -0.872. The normalized spacial score (nSPS) is 15.7. The molecule has 1 fully saturated rings.